The fourth-order valence-corrected chi connectivity index (χ4v) is 2.92. The average molecular weight is 398 g/mol. The van der Waals surface area contributed by atoms with E-state index in [4.69, 9.17) is 32.2 Å². The van der Waals surface area contributed by atoms with Gasteiger partial charge in [-0.25, -0.2) is 4.68 Å². The summed E-state index contributed by atoms with van der Waals surface area (Å²) in [5.74, 6) is 3.83. The lowest BCUT2D eigenvalue weighted by Gasteiger charge is -2.14. The highest BCUT2D eigenvalue weighted by atomic mass is 35.5. The largest absolute Gasteiger partial charge is 0.493 e. The number of aromatic nitrogens is 3. The molecule has 1 aromatic heterocycles. The van der Waals surface area contributed by atoms with E-state index in [1.165, 1.54) is 0 Å². The van der Waals surface area contributed by atoms with Crippen molar-refractivity contribution in [1.82, 2.24) is 15.0 Å². The summed E-state index contributed by atoms with van der Waals surface area (Å²) in [7, 11) is 3.21. The van der Waals surface area contributed by atoms with Gasteiger partial charge in [0.15, 0.2) is 11.5 Å². The monoisotopic (exact) mass is 397 g/mol. The molecule has 0 N–H and O–H groups in total. The molecule has 0 saturated carbocycles. The molecule has 3 rings (SSSR count). The molecular formula is C21H20ClN3O3. The highest BCUT2D eigenvalue weighted by Crippen LogP contribution is 2.28. The Morgan fingerprint density at radius 3 is 2.54 bits per heavy atom. The Labute approximate surface area is 169 Å². The number of terminal acetylenes is 1. The molecule has 0 aliphatic heterocycles. The first-order valence-corrected chi connectivity index (χ1v) is 8.94. The van der Waals surface area contributed by atoms with E-state index >= 15 is 0 Å². The van der Waals surface area contributed by atoms with E-state index in [1.807, 2.05) is 36.5 Å². The van der Waals surface area contributed by atoms with Crippen LogP contribution in [0.5, 0.6) is 11.5 Å². The van der Waals surface area contributed by atoms with Gasteiger partial charge in [0.1, 0.15) is 18.4 Å². The van der Waals surface area contributed by atoms with Crippen molar-refractivity contribution < 1.29 is 14.2 Å². The second kappa shape index (κ2) is 9.27. The summed E-state index contributed by atoms with van der Waals surface area (Å²) in [6.45, 7) is 0.686. The lowest BCUT2D eigenvalue weighted by molar-refractivity contribution is 0.105. The molecular weight excluding hydrogens is 378 g/mol. The summed E-state index contributed by atoms with van der Waals surface area (Å²) in [5.41, 5.74) is 2.57. The topological polar surface area (TPSA) is 58.4 Å². The van der Waals surface area contributed by atoms with Crippen molar-refractivity contribution in [3.63, 3.8) is 0 Å². The van der Waals surface area contributed by atoms with E-state index in [1.54, 1.807) is 31.0 Å². The van der Waals surface area contributed by atoms with Gasteiger partial charge in [0, 0.05) is 5.02 Å². The van der Waals surface area contributed by atoms with Crippen LogP contribution in [0, 0.1) is 12.3 Å². The minimum absolute atomic E-state index is 0.163. The number of benzene rings is 2. The van der Waals surface area contributed by atoms with Crippen LogP contribution in [0.4, 0.5) is 0 Å². The van der Waals surface area contributed by atoms with E-state index in [2.05, 4.69) is 16.2 Å². The van der Waals surface area contributed by atoms with Crippen LogP contribution in [-0.4, -0.2) is 35.8 Å². The van der Waals surface area contributed by atoms with Crippen molar-refractivity contribution in [2.75, 3.05) is 20.8 Å². The predicted molar refractivity (Wildman–Crippen MR) is 107 cm³/mol. The Morgan fingerprint density at radius 1 is 1.11 bits per heavy atom. The van der Waals surface area contributed by atoms with Crippen LogP contribution in [0.3, 0.4) is 0 Å². The van der Waals surface area contributed by atoms with Gasteiger partial charge in [-0.1, -0.05) is 40.9 Å². The molecule has 3 aromatic rings. The smallest absolute Gasteiger partial charge is 0.161 e. The van der Waals surface area contributed by atoms with Crippen LogP contribution >= 0.6 is 11.6 Å². The van der Waals surface area contributed by atoms with Gasteiger partial charge in [0.25, 0.3) is 0 Å². The molecule has 144 valence electrons. The molecule has 6 nitrogen and oxygen atoms in total. The Morgan fingerprint density at radius 2 is 1.86 bits per heavy atom. The molecule has 2 aromatic carbocycles. The quantitative estimate of drug-likeness (QED) is 0.542. The summed E-state index contributed by atoms with van der Waals surface area (Å²) in [6.07, 6.45) is 6.77. The minimum Gasteiger partial charge on any atom is -0.493 e. The SMILES string of the molecule is C#CCOC(c1ccc(Cl)cc1)c1cn(Cc2ccc(OC)c(OC)c2)nn1. The Balaban J connectivity index is 1.82. The zero-order valence-electron chi connectivity index (χ0n) is 15.6. The summed E-state index contributed by atoms with van der Waals surface area (Å²) < 4.78 is 18.2. The maximum Gasteiger partial charge on any atom is 0.161 e. The summed E-state index contributed by atoms with van der Waals surface area (Å²) in [5, 5.41) is 9.14. The molecule has 0 bridgehead atoms. The second-order valence-corrected chi connectivity index (χ2v) is 6.41. The van der Waals surface area contributed by atoms with Crippen LogP contribution in [0.1, 0.15) is 22.9 Å². The van der Waals surface area contributed by atoms with Gasteiger partial charge in [-0.2, -0.15) is 0 Å². The van der Waals surface area contributed by atoms with Crippen molar-refractivity contribution in [1.29, 1.82) is 0 Å². The van der Waals surface area contributed by atoms with Gasteiger partial charge >= 0.3 is 0 Å². The first-order valence-electron chi connectivity index (χ1n) is 8.56. The van der Waals surface area contributed by atoms with Gasteiger partial charge in [0.2, 0.25) is 0 Å². The average Bonchev–Trinajstić information content (AvgIpc) is 3.17. The van der Waals surface area contributed by atoms with Gasteiger partial charge in [-0.05, 0) is 35.4 Å². The van der Waals surface area contributed by atoms with E-state index in [-0.39, 0.29) is 6.61 Å². The minimum atomic E-state index is -0.424. The van der Waals surface area contributed by atoms with Crippen LogP contribution in [-0.2, 0) is 11.3 Å². The number of nitrogens with zero attached hydrogens (tertiary/aromatic N) is 3. The third-order valence-electron chi connectivity index (χ3n) is 4.12. The number of hydrogen-bond acceptors (Lipinski definition) is 5. The van der Waals surface area contributed by atoms with E-state index in [0.29, 0.717) is 28.8 Å². The highest BCUT2D eigenvalue weighted by molar-refractivity contribution is 6.30. The zero-order valence-corrected chi connectivity index (χ0v) is 16.4. The third kappa shape index (κ3) is 4.63. The standard InChI is InChI=1S/C21H20ClN3O3/c1-4-11-28-21(16-6-8-17(22)9-7-16)18-14-25(24-23-18)13-15-5-10-19(26-2)20(12-15)27-3/h1,5-10,12,14,21H,11,13H2,2-3H3. The van der Waals surface area contributed by atoms with E-state index < -0.39 is 6.10 Å². The summed E-state index contributed by atoms with van der Waals surface area (Å²) in [6, 6.07) is 13.1. The molecule has 0 fully saturated rings. The van der Waals surface area contributed by atoms with Gasteiger partial charge in [-0.15, -0.1) is 11.5 Å². The zero-order chi connectivity index (χ0) is 19.9. The van der Waals surface area contributed by atoms with E-state index in [9.17, 15) is 0 Å². The van der Waals surface area contributed by atoms with Crippen molar-refractivity contribution in [3.8, 4) is 23.8 Å². The predicted octanol–water partition coefficient (Wildman–Crippen LogP) is 3.74. The van der Waals surface area contributed by atoms with Crippen molar-refractivity contribution in [3.05, 3.63) is 70.5 Å². The van der Waals surface area contributed by atoms with Crippen LogP contribution in [0.2, 0.25) is 5.02 Å². The van der Waals surface area contributed by atoms with E-state index in [0.717, 1.165) is 11.1 Å². The number of ether oxygens (including phenoxy) is 3. The second-order valence-electron chi connectivity index (χ2n) is 5.98. The van der Waals surface area contributed by atoms with Crippen molar-refractivity contribution >= 4 is 11.6 Å². The van der Waals surface area contributed by atoms with Gasteiger partial charge in [-0.3, -0.25) is 0 Å². The number of hydrogen-bond donors (Lipinski definition) is 0. The van der Waals surface area contributed by atoms with Gasteiger partial charge < -0.3 is 14.2 Å². The maximum atomic E-state index is 5.98. The number of methoxy groups -OCH3 is 2. The fraction of sp³-hybridized carbons (Fsp3) is 0.238. The molecule has 0 radical (unpaired) electrons. The molecule has 7 heteroatoms. The highest BCUT2D eigenvalue weighted by Gasteiger charge is 2.19. The number of halogens is 1. The van der Waals surface area contributed by atoms with Crippen molar-refractivity contribution in [2.24, 2.45) is 0 Å². The number of rotatable bonds is 8. The molecule has 0 saturated heterocycles. The maximum absolute atomic E-state index is 5.98. The lowest BCUT2D eigenvalue weighted by Crippen LogP contribution is -2.07. The van der Waals surface area contributed by atoms with Crippen LogP contribution in [0.25, 0.3) is 0 Å². The van der Waals surface area contributed by atoms with Crippen LogP contribution < -0.4 is 9.47 Å². The summed E-state index contributed by atoms with van der Waals surface area (Å²) >= 11 is 5.98. The van der Waals surface area contributed by atoms with Gasteiger partial charge in [0.05, 0.1) is 27.0 Å². The molecule has 0 spiro atoms. The molecule has 0 aliphatic carbocycles. The third-order valence-corrected chi connectivity index (χ3v) is 4.38. The first kappa shape index (κ1) is 19.7. The Hall–Kier alpha value is -3.01. The Bertz CT molecular complexity index is 964. The first-order chi connectivity index (χ1) is 13.6. The molecule has 1 atom stereocenters. The fourth-order valence-electron chi connectivity index (χ4n) is 2.80. The molecule has 1 unspecified atom stereocenters. The molecule has 1 heterocycles. The van der Waals surface area contributed by atoms with Crippen LogP contribution in [0.15, 0.2) is 48.7 Å². The Kier molecular flexibility index (Phi) is 6.53. The molecule has 0 amide bonds. The normalized spacial score (nSPS) is 11.6. The molecule has 0 aliphatic rings. The summed E-state index contributed by atoms with van der Waals surface area (Å²) in [4.78, 5) is 0. The lowest BCUT2D eigenvalue weighted by atomic mass is 10.1. The molecule has 28 heavy (non-hydrogen) atoms. The van der Waals surface area contributed by atoms with Crippen molar-refractivity contribution in [2.45, 2.75) is 12.6 Å².